The molecule has 0 amide bonds. The minimum absolute atomic E-state index is 0.189. The quantitative estimate of drug-likeness (QED) is 0.915. The number of halogens is 1. The van der Waals surface area contributed by atoms with E-state index in [1.54, 1.807) is 11.3 Å². The monoisotopic (exact) mass is 321 g/mol. The first-order valence-corrected chi connectivity index (χ1v) is 8.40. The lowest BCUT2D eigenvalue weighted by Gasteiger charge is -2.26. The fourth-order valence-corrected chi connectivity index (χ4v) is 4.09. The Morgan fingerprint density at radius 2 is 2.05 bits per heavy atom. The van der Waals surface area contributed by atoms with Gasteiger partial charge in [-0.15, -0.1) is 11.3 Å². The summed E-state index contributed by atoms with van der Waals surface area (Å²) in [5.41, 5.74) is 3.92. The highest BCUT2D eigenvalue weighted by molar-refractivity contribution is 7.10. The predicted octanol–water partition coefficient (Wildman–Crippen LogP) is 3.68. The summed E-state index contributed by atoms with van der Waals surface area (Å²) >= 11 is 7.87. The number of nitrogens with one attached hydrogen (secondary N) is 1. The number of fused-ring (bicyclic) bond motifs is 1. The van der Waals surface area contributed by atoms with E-state index < -0.39 is 0 Å². The smallest absolute Gasteiger partial charge is 0.193 e. The van der Waals surface area contributed by atoms with E-state index >= 15 is 0 Å². The Bertz CT molecular complexity index is 651. The number of hydrogen-bond acceptors (Lipinski definition) is 4. The van der Waals surface area contributed by atoms with Crippen LogP contribution in [0.15, 0.2) is 29.6 Å². The molecule has 1 aromatic carbocycles. The van der Waals surface area contributed by atoms with Crippen molar-refractivity contribution < 1.29 is 9.47 Å². The molecule has 1 fully saturated rings. The van der Waals surface area contributed by atoms with Gasteiger partial charge < -0.3 is 14.8 Å². The van der Waals surface area contributed by atoms with E-state index in [-0.39, 0.29) is 12.3 Å². The summed E-state index contributed by atoms with van der Waals surface area (Å²) in [6.45, 7) is 2.34. The average Bonchev–Trinajstić information content (AvgIpc) is 3.17. The zero-order chi connectivity index (χ0) is 14.2. The van der Waals surface area contributed by atoms with Crippen LogP contribution in [-0.4, -0.2) is 19.8 Å². The summed E-state index contributed by atoms with van der Waals surface area (Å²) in [7, 11) is 0. The molecule has 3 heterocycles. The van der Waals surface area contributed by atoms with Crippen LogP contribution in [0, 0.1) is 0 Å². The molecule has 0 bridgehead atoms. The predicted molar refractivity (Wildman–Crippen MR) is 84.0 cm³/mol. The highest BCUT2D eigenvalue weighted by atomic mass is 35.5. The maximum absolute atomic E-state index is 6.17. The summed E-state index contributed by atoms with van der Waals surface area (Å²) in [4.78, 5) is 1.14. The fraction of sp³-hybridized carbons (Fsp3) is 0.375. The second-order valence-electron chi connectivity index (χ2n) is 5.34. The standard InChI is InChI=1S/C16H16ClNO2S/c17-12-2-1-10-3-4-18-15(13(10)8-12)11-7-14(21-9-11)16-19-5-6-20-16/h1-2,7-9,15-16,18H,3-6H2. The van der Waals surface area contributed by atoms with Gasteiger partial charge in [0.2, 0.25) is 0 Å². The topological polar surface area (TPSA) is 30.5 Å². The van der Waals surface area contributed by atoms with Gasteiger partial charge in [0.1, 0.15) is 0 Å². The van der Waals surface area contributed by atoms with Crippen molar-refractivity contribution in [3.8, 4) is 0 Å². The largest absolute Gasteiger partial charge is 0.345 e. The van der Waals surface area contributed by atoms with Gasteiger partial charge in [0.25, 0.3) is 0 Å². The average molecular weight is 322 g/mol. The molecule has 21 heavy (non-hydrogen) atoms. The molecular weight excluding hydrogens is 306 g/mol. The van der Waals surface area contributed by atoms with Crippen LogP contribution in [-0.2, 0) is 15.9 Å². The van der Waals surface area contributed by atoms with Crippen LogP contribution in [0.3, 0.4) is 0 Å². The zero-order valence-electron chi connectivity index (χ0n) is 11.5. The molecule has 2 aliphatic heterocycles. The molecule has 1 saturated heterocycles. The van der Waals surface area contributed by atoms with Gasteiger partial charge in [0.15, 0.2) is 6.29 Å². The first-order valence-electron chi connectivity index (χ1n) is 7.14. The Kier molecular flexibility index (Phi) is 3.73. The molecule has 1 aromatic heterocycles. The Hall–Kier alpha value is -0.910. The Morgan fingerprint density at radius 1 is 1.19 bits per heavy atom. The number of rotatable bonds is 2. The summed E-state index contributed by atoms with van der Waals surface area (Å²) in [6, 6.07) is 8.59. The van der Waals surface area contributed by atoms with Gasteiger partial charge >= 0.3 is 0 Å². The maximum atomic E-state index is 6.17. The van der Waals surface area contributed by atoms with Crippen LogP contribution in [0.5, 0.6) is 0 Å². The fourth-order valence-electron chi connectivity index (χ4n) is 2.99. The molecule has 1 unspecified atom stereocenters. The van der Waals surface area contributed by atoms with Crippen molar-refractivity contribution in [3.63, 3.8) is 0 Å². The van der Waals surface area contributed by atoms with Crippen LogP contribution >= 0.6 is 22.9 Å². The van der Waals surface area contributed by atoms with Crippen molar-refractivity contribution in [1.82, 2.24) is 5.32 Å². The third-order valence-electron chi connectivity index (χ3n) is 3.99. The third-order valence-corrected chi connectivity index (χ3v) is 5.20. The lowest BCUT2D eigenvalue weighted by Crippen LogP contribution is -2.30. The molecule has 0 aliphatic carbocycles. The van der Waals surface area contributed by atoms with Crippen molar-refractivity contribution in [2.75, 3.05) is 19.8 Å². The molecule has 0 spiro atoms. The molecule has 110 valence electrons. The van der Waals surface area contributed by atoms with Gasteiger partial charge in [0.05, 0.1) is 24.1 Å². The van der Waals surface area contributed by atoms with Crippen molar-refractivity contribution in [1.29, 1.82) is 0 Å². The van der Waals surface area contributed by atoms with Crippen LogP contribution in [0.1, 0.15) is 33.9 Å². The number of ether oxygens (including phenoxy) is 2. The molecule has 1 atom stereocenters. The van der Waals surface area contributed by atoms with E-state index in [9.17, 15) is 0 Å². The molecule has 2 aliphatic rings. The molecule has 0 saturated carbocycles. The molecule has 4 rings (SSSR count). The van der Waals surface area contributed by atoms with Crippen molar-refractivity contribution in [2.24, 2.45) is 0 Å². The minimum atomic E-state index is -0.189. The van der Waals surface area contributed by atoms with Crippen LogP contribution < -0.4 is 5.32 Å². The number of thiophene rings is 1. The van der Waals surface area contributed by atoms with E-state index in [2.05, 4.69) is 28.9 Å². The first-order chi connectivity index (χ1) is 10.3. The molecule has 5 heteroatoms. The molecule has 2 aromatic rings. The summed E-state index contributed by atoms with van der Waals surface area (Å²) in [5.74, 6) is 0. The molecule has 3 nitrogen and oxygen atoms in total. The second kappa shape index (κ2) is 5.71. The van der Waals surface area contributed by atoms with E-state index in [0.29, 0.717) is 13.2 Å². The van der Waals surface area contributed by atoms with E-state index in [4.69, 9.17) is 21.1 Å². The van der Waals surface area contributed by atoms with Gasteiger partial charge in [-0.1, -0.05) is 17.7 Å². The molecular formula is C16H16ClNO2S. The Balaban J connectivity index is 1.67. The summed E-state index contributed by atoms with van der Waals surface area (Å²) in [5, 5.41) is 6.57. The maximum Gasteiger partial charge on any atom is 0.193 e. The Morgan fingerprint density at radius 3 is 2.90 bits per heavy atom. The number of benzene rings is 1. The third kappa shape index (κ3) is 2.62. The number of hydrogen-bond donors (Lipinski definition) is 1. The first kappa shape index (κ1) is 13.7. The summed E-state index contributed by atoms with van der Waals surface area (Å²) < 4.78 is 11.1. The molecule has 1 N–H and O–H groups in total. The summed E-state index contributed by atoms with van der Waals surface area (Å²) in [6.07, 6.45) is 0.862. The van der Waals surface area contributed by atoms with Crippen LogP contribution in [0.4, 0.5) is 0 Å². The zero-order valence-corrected chi connectivity index (χ0v) is 13.0. The van der Waals surface area contributed by atoms with E-state index in [1.165, 1.54) is 16.7 Å². The van der Waals surface area contributed by atoms with Gasteiger partial charge in [-0.2, -0.15) is 0 Å². The van der Waals surface area contributed by atoms with Gasteiger partial charge in [-0.3, -0.25) is 0 Å². The second-order valence-corrected chi connectivity index (χ2v) is 6.72. The van der Waals surface area contributed by atoms with E-state index in [0.717, 1.165) is 22.9 Å². The lowest BCUT2D eigenvalue weighted by atomic mass is 9.91. The van der Waals surface area contributed by atoms with Gasteiger partial charge in [0, 0.05) is 11.6 Å². The molecule has 0 radical (unpaired) electrons. The van der Waals surface area contributed by atoms with Crippen molar-refractivity contribution in [3.05, 3.63) is 56.2 Å². The minimum Gasteiger partial charge on any atom is -0.345 e. The highest BCUT2D eigenvalue weighted by Crippen LogP contribution is 2.36. The SMILES string of the molecule is Clc1ccc2c(c1)C(c1csc(C3OCCO3)c1)NCC2. The van der Waals surface area contributed by atoms with Crippen LogP contribution in [0.2, 0.25) is 5.02 Å². The van der Waals surface area contributed by atoms with Gasteiger partial charge in [-0.05, 0) is 46.7 Å². The van der Waals surface area contributed by atoms with Crippen LogP contribution in [0.25, 0.3) is 0 Å². The lowest BCUT2D eigenvalue weighted by molar-refractivity contribution is -0.0413. The highest BCUT2D eigenvalue weighted by Gasteiger charge is 2.25. The van der Waals surface area contributed by atoms with E-state index in [1.807, 2.05) is 6.07 Å². The Labute approximate surface area is 132 Å². The van der Waals surface area contributed by atoms with Crippen molar-refractivity contribution >= 4 is 22.9 Å². The van der Waals surface area contributed by atoms with Gasteiger partial charge in [-0.25, -0.2) is 0 Å². The normalized spacial score (nSPS) is 22.4. The van der Waals surface area contributed by atoms with Crippen molar-refractivity contribution in [2.45, 2.75) is 18.8 Å².